The Balaban J connectivity index is 0.000000858. The van der Waals surface area contributed by atoms with E-state index in [0.29, 0.717) is 12.1 Å². The van der Waals surface area contributed by atoms with E-state index >= 15 is 0 Å². The number of hydrogen-bond acceptors (Lipinski definition) is 2. The minimum atomic E-state index is -0.277. The van der Waals surface area contributed by atoms with Gasteiger partial charge in [0.25, 0.3) is 0 Å². The highest BCUT2D eigenvalue weighted by Crippen LogP contribution is 2.27. The number of halogens is 1. The molecule has 3 aromatic carbocycles. The Bertz CT molecular complexity index is 1130. The largest absolute Gasteiger partial charge is 0.261 e. The van der Waals surface area contributed by atoms with Crippen LogP contribution in [0.15, 0.2) is 90.1 Å². The molecule has 0 bridgehead atoms. The zero-order valence-electron chi connectivity index (χ0n) is 18.3. The zero-order valence-corrected chi connectivity index (χ0v) is 18.3. The summed E-state index contributed by atoms with van der Waals surface area (Å²) in [6.07, 6.45) is 5.45. The molecule has 0 aliphatic heterocycles. The molecule has 0 fully saturated rings. The molecule has 0 aliphatic rings. The molecule has 0 spiro atoms. The van der Waals surface area contributed by atoms with Crippen LogP contribution in [0.4, 0.5) is 10.1 Å². The van der Waals surface area contributed by atoms with Crippen LogP contribution in [-0.2, 0) is 6.42 Å². The van der Waals surface area contributed by atoms with Crippen molar-refractivity contribution in [2.45, 2.75) is 33.6 Å². The molecule has 0 N–H and O–H groups in total. The van der Waals surface area contributed by atoms with E-state index in [1.54, 1.807) is 16.9 Å². The zero-order chi connectivity index (χ0) is 22.1. The van der Waals surface area contributed by atoms with Gasteiger partial charge in [0.1, 0.15) is 5.82 Å². The van der Waals surface area contributed by atoms with E-state index in [1.165, 1.54) is 24.1 Å². The van der Waals surface area contributed by atoms with Gasteiger partial charge in [-0.25, -0.2) is 9.07 Å². The average molecular weight is 414 g/mol. The monoisotopic (exact) mass is 413 g/mol. The number of aliphatic imine (C=N–C) groups is 1. The highest BCUT2D eigenvalue weighted by atomic mass is 19.1. The predicted octanol–water partition coefficient (Wildman–Crippen LogP) is 7.35. The SMILES string of the molecule is CCC.Cc1ccc(-c2ccccc2)cc1N=CCc1ccnn1-c1cccc(F)c1. The molecule has 0 aliphatic carbocycles. The lowest BCUT2D eigenvalue weighted by molar-refractivity contribution is 0.625. The van der Waals surface area contributed by atoms with Crippen LogP contribution in [0.25, 0.3) is 16.8 Å². The quantitative estimate of drug-likeness (QED) is 0.315. The molecule has 0 atom stereocenters. The lowest BCUT2D eigenvalue weighted by Crippen LogP contribution is -2.03. The fourth-order valence-corrected chi connectivity index (χ4v) is 3.12. The second-order valence-corrected chi connectivity index (χ2v) is 7.30. The Labute approximate surface area is 183 Å². The number of aromatic nitrogens is 2. The first-order valence-electron chi connectivity index (χ1n) is 10.6. The molecular formula is C27H28FN3. The van der Waals surface area contributed by atoms with Crippen LogP contribution in [0.2, 0.25) is 0 Å². The summed E-state index contributed by atoms with van der Waals surface area (Å²) in [4.78, 5) is 4.68. The normalized spacial score (nSPS) is 10.7. The van der Waals surface area contributed by atoms with E-state index in [9.17, 15) is 4.39 Å². The maximum Gasteiger partial charge on any atom is 0.125 e. The first kappa shape index (κ1) is 22.2. The summed E-state index contributed by atoms with van der Waals surface area (Å²) in [6.45, 7) is 6.30. The second-order valence-electron chi connectivity index (χ2n) is 7.30. The van der Waals surface area contributed by atoms with Crippen LogP contribution in [0.5, 0.6) is 0 Å². The molecule has 4 rings (SSSR count). The Hall–Kier alpha value is -3.53. The molecular weight excluding hydrogens is 385 g/mol. The van der Waals surface area contributed by atoms with Crippen LogP contribution in [0.1, 0.15) is 31.5 Å². The smallest absolute Gasteiger partial charge is 0.125 e. The van der Waals surface area contributed by atoms with Crippen molar-refractivity contribution in [3.05, 3.63) is 102 Å². The summed E-state index contributed by atoms with van der Waals surface area (Å²) in [7, 11) is 0. The highest BCUT2D eigenvalue weighted by molar-refractivity contribution is 5.72. The Morgan fingerprint density at radius 1 is 0.903 bits per heavy atom. The van der Waals surface area contributed by atoms with Gasteiger partial charge in [-0.15, -0.1) is 0 Å². The summed E-state index contributed by atoms with van der Waals surface area (Å²) in [6, 6.07) is 24.9. The standard InChI is InChI=1S/C24H20FN3.C3H8/c1-18-10-11-20(19-6-3-2-4-7-19)16-24(18)26-14-12-22-13-15-27-28(22)23-9-5-8-21(25)17-23;1-3-2/h2-11,13-17H,12H2,1H3;3H2,1-2H3. The Morgan fingerprint density at radius 3 is 2.42 bits per heavy atom. The molecule has 1 heterocycles. The van der Waals surface area contributed by atoms with Crippen LogP contribution in [-0.4, -0.2) is 16.0 Å². The van der Waals surface area contributed by atoms with Crippen molar-refractivity contribution >= 4 is 11.9 Å². The molecule has 3 nitrogen and oxygen atoms in total. The predicted molar refractivity (Wildman–Crippen MR) is 128 cm³/mol. The average Bonchev–Trinajstić information content (AvgIpc) is 3.25. The summed E-state index contributed by atoms with van der Waals surface area (Å²) in [5.74, 6) is -0.277. The van der Waals surface area contributed by atoms with E-state index < -0.39 is 0 Å². The lowest BCUT2D eigenvalue weighted by atomic mass is 10.0. The summed E-state index contributed by atoms with van der Waals surface area (Å²) in [5, 5.41) is 4.31. The fourth-order valence-electron chi connectivity index (χ4n) is 3.12. The molecule has 0 amide bonds. The van der Waals surface area contributed by atoms with Gasteiger partial charge in [-0.2, -0.15) is 5.10 Å². The minimum absolute atomic E-state index is 0.277. The molecule has 158 valence electrons. The molecule has 1 aromatic heterocycles. The van der Waals surface area contributed by atoms with Crippen molar-refractivity contribution in [2.24, 2.45) is 4.99 Å². The van der Waals surface area contributed by atoms with Gasteiger partial charge >= 0.3 is 0 Å². The molecule has 0 saturated heterocycles. The first-order chi connectivity index (χ1) is 15.1. The van der Waals surface area contributed by atoms with Crippen molar-refractivity contribution in [2.75, 3.05) is 0 Å². The fraction of sp³-hybridized carbons (Fsp3) is 0.185. The van der Waals surface area contributed by atoms with E-state index in [-0.39, 0.29) is 5.82 Å². The van der Waals surface area contributed by atoms with Gasteiger partial charge in [-0.3, -0.25) is 4.99 Å². The van der Waals surface area contributed by atoms with E-state index in [0.717, 1.165) is 22.5 Å². The van der Waals surface area contributed by atoms with Crippen LogP contribution >= 0.6 is 0 Å². The second kappa shape index (κ2) is 11.0. The van der Waals surface area contributed by atoms with Crippen molar-refractivity contribution in [3.8, 4) is 16.8 Å². The topological polar surface area (TPSA) is 30.2 Å². The van der Waals surface area contributed by atoms with Gasteiger partial charge in [0.05, 0.1) is 11.4 Å². The third-order valence-electron chi connectivity index (χ3n) is 4.62. The first-order valence-corrected chi connectivity index (χ1v) is 10.6. The van der Waals surface area contributed by atoms with Crippen LogP contribution in [0.3, 0.4) is 0 Å². The summed E-state index contributed by atoms with van der Waals surface area (Å²) < 4.78 is 15.3. The van der Waals surface area contributed by atoms with E-state index in [4.69, 9.17) is 0 Å². The maximum atomic E-state index is 13.5. The lowest BCUT2D eigenvalue weighted by Gasteiger charge is -2.07. The minimum Gasteiger partial charge on any atom is -0.261 e. The Kier molecular flexibility index (Phi) is 7.88. The molecule has 4 aromatic rings. The number of rotatable bonds is 5. The van der Waals surface area contributed by atoms with Crippen LogP contribution < -0.4 is 0 Å². The maximum absolute atomic E-state index is 13.5. The van der Waals surface area contributed by atoms with Gasteiger partial charge in [-0.1, -0.05) is 68.8 Å². The van der Waals surface area contributed by atoms with Gasteiger partial charge in [0.2, 0.25) is 0 Å². The Morgan fingerprint density at radius 2 is 1.68 bits per heavy atom. The third kappa shape index (κ3) is 5.98. The van der Waals surface area contributed by atoms with Crippen molar-refractivity contribution in [3.63, 3.8) is 0 Å². The molecule has 0 radical (unpaired) electrons. The van der Waals surface area contributed by atoms with Crippen molar-refractivity contribution in [1.82, 2.24) is 9.78 Å². The van der Waals surface area contributed by atoms with Gasteiger partial charge in [0.15, 0.2) is 0 Å². The van der Waals surface area contributed by atoms with Crippen molar-refractivity contribution < 1.29 is 4.39 Å². The number of aryl methyl sites for hydroxylation is 1. The summed E-state index contributed by atoms with van der Waals surface area (Å²) >= 11 is 0. The van der Waals surface area contributed by atoms with Gasteiger partial charge in [-0.05, 0) is 53.9 Å². The molecule has 31 heavy (non-hydrogen) atoms. The van der Waals surface area contributed by atoms with Gasteiger partial charge in [0, 0.05) is 24.5 Å². The van der Waals surface area contributed by atoms with Crippen molar-refractivity contribution in [1.29, 1.82) is 0 Å². The molecule has 0 unspecified atom stereocenters. The van der Waals surface area contributed by atoms with Gasteiger partial charge < -0.3 is 0 Å². The highest BCUT2D eigenvalue weighted by Gasteiger charge is 2.05. The summed E-state index contributed by atoms with van der Waals surface area (Å²) in [5.41, 5.74) is 6.03. The third-order valence-corrected chi connectivity index (χ3v) is 4.62. The van der Waals surface area contributed by atoms with Crippen LogP contribution in [0, 0.1) is 12.7 Å². The molecule has 0 saturated carbocycles. The number of nitrogens with zero attached hydrogens (tertiary/aromatic N) is 3. The van der Waals surface area contributed by atoms with E-state index in [1.807, 2.05) is 36.5 Å². The number of benzene rings is 3. The molecule has 4 heteroatoms. The van der Waals surface area contributed by atoms with E-state index in [2.05, 4.69) is 61.2 Å². The number of hydrogen-bond donors (Lipinski definition) is 0.